The molecule has 0 aliphatic carbocycles. The molecule has 0 unspecified atom stereocenters. The zero-order valence-electron chi connectivity index (χ0n) is 10.4. The quantitative estimate of drug-likeness (QED) is 0.855. The lowest BCUT2D eigenvalue weighted by Crippen LogP contribution is -2.14. The van der Waals surface area contributed by atoms with Crippen molar-refractivity contribution in [2.75, 3.05) is 5.75 Å². The van der Waals surface area contributed by atoms with E-state index in [4.69, 9.17) is 5.11 Å². The summed E-state index contributed by atoms with van der Waals surface area (Å²) in [4.78, 5) is 10.7. The molecule has 0 bridgehead atoms. The summed E-state index contributed by atoms with van der Waals surface area (Å²) in [7, 11) is -3.58. The van der Waals surface area contributed by atoms with Crippen molar-refractivity contribution in [2.45, 2.75) is 25.7 Å². The molecule has 1 rings (SSSR count). The molecule has 0 aliphatic rings. The molecule has 1 aromatic carbocycles. The second kappa shape index (κ2) is 5.06. The normalized spacial score (nSPS) is 11.8. The highest BCUT2D eigenvalue weighted by Gasteiger charge is 2.22. The molecule has 0 saturated heterocycles. The molecule has 0 spiro atoms. The minimum Gasteiger partial charge on any atom is -0.478 e. The first-order chi connectivity index (χ1) is 8.15. The zero-order chi connectivity index (χ0) is 14.1. The third-order valence-electron chi connectivity index (χ3n) is 2.37. The molecule has 100 valence electrons. The van der Waals surface area contributed by atoms with Gasteiger partial charge in [0.2, 0.25) is 0 Å². The molecule has 0 fully saturated rings. The van der Waals surface area contributed by atoms with Gasteiger partial charge in [0.05, 0.1) is 16.2 Å². The maximum Gasteiger partial charge on any atom is 0.338 e. The van der Waals surface area contributed by atoms with Gasteiger partial charge in [-0.1, -0.05) is 13.8 Å². The van der Waals surface area contributed by atoms with Gasteiger partial charge in [-0.25, -0.2) is 17.6 Å². The summed E-state index contributed by atoms with van der Waals surface area (Å²) in [5.41, 5.74) is -0.602. The number of aryl methyl sites for hydroxylation is 1. The van der Waals surface area contributed by atoms with Crippen LogP contribution in [-0.2, 0) is 9.84 Å². The maximum absolute atomic E-state index is 13.5. The summed E-state index contributed by atoms with van der Waals surface area (Å²) < 4.78 is 37.4. The van der Waals surface area contributed by atoms with Gasteiger partial charge in [0.25, 0.3) is 0 Å². The number of halogens is 1. The van der Waals surface area contributed by atoms with Gasteiger partial charge >= 0.3 is 5.97 Å². The van der Waals surface area contributed by atoms with E-state index < -0.39 is 27.2 Å². The summed E-state index contributed by atoms with van der Waals surface area (Å²) in [6, 6.07) is 2.04. The largest absolute Gasteiger partial charge is 0.478 e. The van der Waals surface area contributed by atoms with Crippen LogP contribution in [0.2, 0.25) is 0 Å². The van der Waals surface area contributed by atoms with E-state index in [1.165, 1.54) is 13.0 Å². The number of carbonyl (C=O) groups is 1. The Hall–Kier alpha value is -1.43. The Morgan fingerprint density at radius 3 is 2.39 bits per heavy atom. The Balaban J connectivity index is 3.40. The highest BCUT2D eigenvalue weighted by molar-refractivity contribution is 7.91. The molecule has 6 heteroatoms. The second-order valence-electron chi connectivity index (χ2n) is 4.58. The van der Waals surface area contributed by atoms with Crippen LogP contribution >= 0.6 is 0 Å². The lowest BCUT2D eigenvalue weighted by atomic mass is 10.1. The van der Waals surface area contributed by atoms with Gasteiger partial charge in [-0.05, 0) is 30.5 Å². The number of aromatic carboxylic acids is 1. The number of benzene rings is 1. The van der Waals surface area contributed by atoms with Crippen LogP contribution in [-0.4, -0.2) is 25.2 Å². The van der Waals surface area contributed by atoms with E-state index in [2.05, 4.69) is 0 Å². The first-order valence-corrected chi connectivity index (χ1v) is 7.06. The predicted octanol–water partition coefficient (Wildman–Crippen LogP) is 2.26. The fourth-order valence-electron chi connectivity index (χ4n) is 1.61. The molecular formula is C12H15FO4S. The van der Waals surface area contributed by atoms with Crippen molar-refractivity contribution < 1.29 is 22.7 Å². The van der Waals surface area contributed by atoms with Crippen LogP contribution < -0.4 is 0 Å². The van der Waals surface area contributed by atoms with Crippen molar-refractivity contribution in [1.82, 2.24) is 0 Å². The van der Waals surface area contributed by atoms with Crippen molar-refractivity contribution in [1.29, 1.82) is 0 Å². The SMILES string of the molecule is Cc1cc(S(=O)(=O)CC(C)C)cc(C(=O)O)c1F. The van der Waals surface area contributed by atoms with Gasteiger partial charge in [0.15, 0.2) is 9.84 Å². The highest BCUT2D eigenvalue weighted by atomic mass is 32.2. The van der Waals surface area contributed by atoms with E-state index >= 15 is 0 Å². The average molecular weight is 274 g/mol. The standard InChI is InChI=1S/C12H15FO4S/c1-7(2)6-18(16,17)9-4-8(3)11(13)10(5-9)12(14)15/h4-5,7H,6H2,1-3H3,(H,14,15). The number of hydrogen-bond acceptors (Lipinski definition) is 3. The summed E-state index contributed by atoms with van der Waals surface area (Å²) >= 11 is 0. The van der Waals surface area contributed by atoms with Crippen molar-refractivity contribution in [3.63, 3.8) is 0 Å². The van der Waals surface area contributed by atoms with E-state index in [1.54, 1.807) is 13.8 Å². The third kappa shape index (κ3) is 3.07. The summed E-state index contributed by atoms with van der Waals surface area (Å²) in [6.07, 6.45) is 0. The number of carboxylic acids is 1. The number of sulfone groups is 1. The van der Waals surface area contributed by atoms with E-state index in [9.17, 15) is 17.6 Å². The Morgan fingerprint density at radius 1 is 1.39 bits per heavy atom. The highest BCUT2D eigenvalue weighted by Crippen LogP contribution is 2.21. The van der Waals surface area contributed by atoms with Crippen molar-refractivity contribution in [3.8, 4) is 0 Å². The van der Waals surface area contributed by atoms with Crippen LogP contribution in [0.3, 0.4) is 0 Å². The lowest BCUT2D eigenvalue weighted by molar-refractivity contribution is 0.0691. The minimum absolute atomic E-state index is 0.0113. The molecular weight excluding hydrogens is 259 g/mol. The Bertz CT molecular complexity index is 576. The molecule has 0 aliphatic heterocycles. The first kappa shape index (κ1) is 14.6. The smallest absolute Gasteiger partial charge is 0.338 e. The predicted molar refractivity (Wildman–Crippen MR) is 65.0 cm³/mol. The Morgan fingerprint density at radius 2 is 1.94 bits per heavy atom. The van der Waals surface area contributed by atoms with Gasteiger partial charge in [0, 0.05) is 0 Å². The van der Waals surface area contributed by atoms with Crippen molar-refractivity contribution in [3.05, 3.63) is 29.1 Å². The van der Waals surface area contributed by atoms with E-state index in [-0.39, 0.29) is 22.1 Å². The molecule has 0 amide bonds. The van der Waals surface area contributed by atoms with Gasteiger partial charge in [-0.15, -0.1) is 0 Å². The van der Waals surface area contributed by atoms with Gasteiger partial charge in [0.1, 0.15) is 5.82 Å². The van der Waals surface area contributed by atoms with Crippen molar-refractivity contribution >= 4 is 15.8 Å². The monoisotopic (exact) mass is 274 g/mol. The summed E-state index contributed by atoms with van der Waals surface area (Å²) in [5.74, 6) is -2.56. The molecule has 1 aromatic rings. The second-order valence-corrected chi connectivity index (χ2v) is 6.62. The fourth-order valence-corrected chi connectivity index (χ4v) is 3.33. The summed E-state index contributed by atoms with van der Waals surface area (Å²) in [5, 5.41) is 8.83. The van der Waals surface area contributed by atoms with E-state index in [0.717, 1.165) is 6.07 Å². The molecule has 0 radical (unpaired) electrons. The maximum atomic E-state index is 13.5. The van der Waals surface area contributed by atoms with Crippen LogP contribution in [0.4, 0.5) is 4.39 Å². The molecule has 0 aromatic heterocycles. The Labute approximate surface area is 105 Å². The molecule has 1 N–H and O–H groups in total. The number of carboxylic acid groups (broad SMARTS) is 1. The topological polar surface area (TPSA) is 71.4 Å². The molecule has 0 heterocycles. The van der Waals surface area contributed by atoms with Gasteiger partial charge in [-0.3, -0.25) is 0 Å². The van der Waals surface area contributed by atoms with Crippen LogP contribution in [0.1, 0.15) is 29.8 Å². The number of rotatable bonds is 4. The molecule has 18 heavy (non-hydrogen) atoms. The van der Waals surface area contributed by atoms with E-state index in [1.807, 2.05) is 0 Å². The summed E-state index contributed by atoms with van der Waals surface area (Å²) in [6.45, 7) is 4.83. The molecule has 0 atom stereocenters. The van der Waals surface area contributed by atoms with Crippen LogP contribution in [0.15, 0.2) is 17.0 Å². The minimum atomic E-state index is -3.58. The first-order valence-electron chi connectivity index (χ1n) is 5.41. The fraction of sp³-hybridized carbons (Fsp3) is 0.417. The van der Waals surface area contributed by atoms with Crippen LogP contribution in [0, 0.1) is 18.7 Å². The average Bonchev–Trinajstić information content (AvgIpc) is 2.19. The van der Waals surface area contributed by atoms with Crippen LogP contribution in [0.25, 0.3) is 0 Å². The zero-order valence-corrected chi connectivity index (χ0v) is 11.2. The molecule has 4 nitrogen and oxygen atoms in total. The third-order valence-corrected chi connectivity index (χ3v) is 4.43. The van der Waals surface area contributed by atoms with Gasteiger partial charge in [-0.2, -0.15) is 0 Å². The van der Waals surface area contributed by atoms with Crippen LogP contribution in [0.5, 0.6) is 0 Å². The molecule has 0 saturated carbocycles. The lowest BCUT2D eigenvalue weighted by Gasteiger charge is -2.10. The number of hydrogen-bond donors (Lipinski definition) is 1. The van der Waals surface area contributed by atoms with Gasteiger partial charge < -0.3 is 5.11 Å². The van der Waals surface area contributed by atoms with E-state index in [0.29, 0.717) is 0 Å². The Kier molecular flexibility index (Phi) is 4.11. The van der Waals surface area contributed by atoms with Crippen molar-refractivity contribution in [2.24, 2.45) is 5.92 Å².